The third-order valence-electron chi connectivity index (χ3n) is 4.57. The molecule has 1 aliphatic rings. The van der Waals surface area contributed by atoms with Crippen molar-refractivity contribution < 1.29 is 13.6 Å². The smallest absolute Gasteiger partial charge is 0.226 e. The number of benzene rings is 1. The summed E-state index contributed by atoms with van der Waals surface area (Å²) in [6, 6.07) is 11.8. The molecule has 1 aliphatic carbocycles. The van der Waals surface area contributed by atoms with E-state index in [-0.39, 0.29) is 17.7 Å². The van der Waals surface area contributed by atoms with E-state index in [2.05, 4.69) is 10.3 Å². The van der Waals surface area contributed by atoms with Crippen molar-refractivity contribution in [1.29, 1.82) is 0 Å². The second-order valence-corrected chi connectivity index (χ2v) is 6.52. The number of hydrogen-bond donors (Lipinski definition) is 1. The van der Waals surface area contributed by atoms with Crippen LogP contribution in [0.5, 0.6) is 0 Å². The van der Waals surface area contributed by atoms with Gasteiger partial charge in [-0.1, -0.05) is 17.7 Å². The molecule has 2 aromatic heterocycles. The van der Waals surface area contributed by atoms with Gasteiger partial charge in [-0.05, 0) is 37.6 Å². The lowest BCUT2D eigenvalue weighted by Gasteiger charge is -2.02. The van der Waals surface area contributed by atoms with E-state index in [0.29, 0.717) is 18.9 Å². The Morgan fingerprint density at radius 3 is 2.84 bits per heavy atom. The fraction of sp³-hybridized carbons (Fsp3) is 0.300. The van der Waals surface area contributed by atoms with Gasteiger partial charge in [0.1, 0.15) is 12.0 Å². The third kappa shape index (κ3) is 3.50. The normalized spacial score (nSPS) is 18.9. The van der Waals surface area contributed by atoms with Crippen LogP contribution >= 0.6 is 0 Å². The predicted molar refractivity (Wildman–Crippen MR) is 92.9 cm³/mol. The molecular weight excluding hydrogens is 316 g/mol. The van der Waals surface area contributed by atoms with Crippen LogP contribution in [0.4, 0.5) is 0 Å². The molecule has 2 atom stereocenters. The summed E-state index contributed by atoms with van der Waals surface area (Å²) in [6.07, 6.45) is 4.82. The third-order valence-corrected chi connectivity index (χ3v) is 4.57. The summed E-state index contributed by atoms with van der Waals surface area (Å²) in [7, 11) is 0. The van der Waals surface area contributed by atoms with Crippen molar-refractivity contribution in [2.45, 2.75) is 25.7 Å². The number of nitrogens with one attached hydrogen (secondary N) is 1. The van der Waals surface area contributed by atoms with Gasteiger partial charge in [0.2, 0.25) is 11.8 Å². The molecule has 0 aliphatic heterocycles. The molecule has 1 aromatic carbocycles. The van der Waals surface area contributed by atoms with Crippen LogP contribution < -0.4 is 5.32 Å². The first kappa shape index (κ1) is 15.7. The molecule has 2 heterocycles. The number of aromatic nitrogens is 1. The lowest BCUT2D eigenvalue weighted by molar-refractivity contribution is -0.122. The van der Waals surface area contributed by atoms with Crippen LogP contribution in [0, 0.1) is 12.8 Å². The van der Waals surface area contributed by atoms with Crippen molar-refractivity contribution in [2.24, 2.45) is 5.92 Å². The van der Waals surface area contributed by atoms with Crippen molar-refractivity contribution in [3.05, 3.63) is 65.9 Å². The van der Waals surface area contributed by atoms with E-state index >= 15 is 0 Å². The summed E-state index contributed by atoms with van der Waals surface area (Å²) in [4.78, 5) is 16.7. The molecule has 25 heavy (non-hydrogen) atoms. The zero-order valence-corrected chi connectivity index (χ0v) is 14.1. The number of carbonyl (C=O) groups is 1. The minimum absolute atomic E-state index is 0.0339. The Morgan fingerprint density at radius 2 is 2.08 bits per heavy atom. The summed E-state index contributed by atoms with van der Waals surface area (Å²) in [5, 5.41) is 2.98. The number of furan rings is 1. The molecule has 1 fully saturated rings. The lowest BCUT2D eigenvalue weighted by atomic mass is 10.1. The molecule has 1 amide bonds. The Kier molecular flexibility index (Phi) is 4.14. The number of nitrogens with zero attached hydrogens (tertiary/aromatic N) is 1. The molecule has 0 bridgehead atoms. The van der Waals surface area contributed by atoms with Gasteiger partial charge in [-0.25, -0.2) is 4.98 Å². The summed E-state index contributed by atoms with van der Waals surface area (Å²) >= 11 is 0. The standard InChI is InChI=1S/C20H20N2O3/c1-13-4-6-14(7-5-13)20-22-15(12-25-20)8-9-21-19(23)17-11-16(17)18-3-2-10-24-18/h2-7,10,12,16-17H,8-9,11H2,1H3,(H,21,23)/t16-,17+/m0/s1. The van der Waals surface area contributed by atoms with Gasteiger partial charge in [-0.15, -0.1) is 0 Å². The maximum atomic E-state index is 12.2. The maximum Gasteiger partial charge on any atom is 0.226 e. The van der Waals surface area contributed by atoms with Crippen molar-refractivity contribution in [1.82, 2.24) is 10.3 Å². The molecule has 5 heteroatoms. The lowest BCUT2D eigenvalue weighted by Crippen LogP contribution is -2.27. The van der Waals surface area contributed by atoms with Crippen LogP contribution in [-0.4, -0.2) is 17.4 Å². The quantitative estimate of drug-likeness (QED) is 0.745. The summed E-state index contributed by atoms with van der Waals surface area (Å²) < 4.78 is 10.9. The zero-order valence-electron chi connectivity index (χ0n) is 14.1. The molecule has 0 radical (unpaired) electrons. The highest BCUT2D eigenvalue weighted by atomic mass is 16.3. The maximum absolute atomic E-state index is 12.2. The average Bonchev–Trinajstić information content (AvgIpc) is 3.02. The first-order valence-corrected chi connectivity index (χ1v) is 8.53. The van der Waals surface area contributed by atoms with Gasteiger partial charge in [0, 0.05) is 30.4 Å². The number of carbonyl (C=O) groups excluding carboxylic acids is 1. The summed E-state index contributed by atoms with van der Waals surface area (Å²) in [6.45, 7) is 2.60. The highest BCUT2D eigenvalue weighted by Gasteiger charge is 2.45. The molecule has 1 N–H and O–H groups in total. The van der Waals surface area contributed by atoms with Gasteiger partial charge in [0.05, 0.1) is 12.0 Å². The predicted octanol–water partition coefficient (Wildman–Crippen LogP) is 3.71. The number of amides is 1. The molecule has 0 spiro atoms. The molecular formula is C20H20N2O3. The Labute approximate surface area is 146 Å². The monoisotopic (exact) mass is 336 g/mol. The van der Waals surface area contributed by atoms with Crippen LogP contribution in [0.1, 0.15) is 29.4 Å². The van der Waals surface area contributed by atoms with Crippen molar-refractivity contribution in [3.63, 3.8) is 0 Å². The number of oxazole rings is 1. The van der Waals surface area contributed by atoms with Gasteiger partial charge in [0.25, 0.3) is 0 Å². The number of aryl methyl sites for hydroxylation is 1. The highest BCUT2D eigenvalue weighted by Crippen LogP contribution is 2.47. The SMILES string of the molecule is Cc1ccc(-c2nc(CCNC(=O)[C@@H]3C[C@@H]3c3ccco3)co2)cc1. The van der Waals surface area contributed by atoms with E-state index in [4.69, 9.17) is 8.83 Å². The van der Waals surface area contributed by atoms with Gasteiger partial charge >= 0.3 is 0 Å². The van der Waals surface area contributed by atoms with Gasteiger partial charge < -0.3 is 14.2 Å². The molecule has 128 valence electrons. The molecule has 0 unspecified atom stereocenters. The van der Waals surface area contributed by atoms with Crippen molar-refractivity contribution >= 4 is 5.91 Å². The Hall–Kier alpha value is -2.82. The molecule has 5 nitrogen and oxygen atoms in total. The first-order chi connectivity index (χ1) is 12.2. The van der Waals surface area contributed by atoms with Gasteiger partial charge in [0.15, 0.2) is 0 Å². The van der Waals surface area contributed by atoms with E-state index in [1.807, 2.05) is 43.3 Å². The fourth-order valence-corrected chi connectivity index (χ4v) is 3.00. The van der Waals surface area contributed by atoms with Crippen LogP contribution in [0.15, 0.2) is 57.8 Å². The second kappa shape index (κ2) is 6.59. The zero-order chi connectivity index (χ0) is 17.2. The number of rotatable bonds is 6. The van der Waals surface area contributed by atoms with E-state index < -0.39 is 0 Å². The highest BCUT2D eigenvalue weighted by molar-refractivity contribution is 5.82. The fourth-order valence-electron chi connectivity index (χ4n) is 3.00. The topological polar surface area (TPSA) is 68.3 Å². The average molecular weight is 336 g/mol. The van der Waals surface area contributed by atoms with Gasteiger partial charge in [-0.3, -0.25) is 4.79 Å². The Morgan fingerprint density at radius 1 is 1.24 bits per heavy atom. The van der Waals surface area contributed by atoms with E-state index in [9.17, 15) is 4.79 Å². The first-order valence-electron chi connectivity index (χ1n) is 8.53. The Bertz CT molecular complexity index is 849. The minimum atomic E-state index is 0.0339. The van der Waals surface area contributed by atoms with Crippen LogP contribution in [0.2, 0.25) is 0 Å². The summed E-state index contributed by atoms with van der Waals surface area (Å²) in [5.41, 5.74) is 3.00. The Balaban J connectivity index is 1.27. The number of hydrogen-bond acceptors (Lipinski definition) is 4. The molecule has 0 saturated heterocycles. The van der Waals surface area contributed by atoms with E-state index in [1.54, 1.807) is 12.5 Å². The molecule has 3 aromatic rings. The van der Waals surface area contributed by atoms with E-state index in [0.717, 1.165) is 23.4 Å². The second-order valence-electron chi connectivity index (χ2n) is 6.52. The largest absolute Gasteiger partial charge is 0.469 e. The summed E-state index contributed by atoms with van der Waals surface area (Å²) in [5.74, 6) is 1.87. The van der Waals surface area contributed by atoms with Crippen molar-refractivity contribution in [3.8, 4) is 11.5 Å². The van der Waals surface area contributed by atoms with E-state index in [1.165, 1.54) is 5.56 Å². The van der Waals surface area contributed by atoms with Crippen molar-refractivity contribution in [2.75, 3.05) is 6.54 Å². The minimum Gasteiger partial charge on any atom is -0.469 e. The van der Waals surface area contributed by atoms with Crippen LogP contribution in [0.3, 0.4) is 0 Å². The van der Waals surface area contributed by atoms with Gasteiger partial charge in [-0.2, -0.15) is 0 Å². The molecule has 1 saturated carbocycles. The van der Waals surface area contributed by atoms with Crippen LogP contribution in [0.25, 0.3) is 11.5 Å². The molecule has 4 rings (SSSR count). The van der Waals surface area contributed by atoms with Crippen LogP contribution in [-0.2, 0) is 11.2 Å².